The van der Waals surface area contributed by atoms with Crippen LogP contribution >= 0.6 is 0 Å². The number of hydrogen-bond acceptors (Lipinski definition) is 4. The minimum Gasteiger partial charge on any atom is -0.351 e. The van der Waals surface area contributed by atoms with E-state index in [4.69, 9.17) is 9.97 Å². The van der Waals surface area contributed by atoms with Crippen LogP contribution in [0.4, 0.5) is 11.8 Å². The Labute approximate surface area is 157 Å². The highest BCUT2D eigenvalue weighted by atomic mass is 15.3. The highest BCUT2D eigenvalue weighted by molar-refractivity contribution is 5.49. The highest BCUT2D eigenvalue weighted by Crippen LogP contribution is 2.29. The predicted molar refractivity (Wildman–Crippen MR) is 108 cm³/mol. The van der Waals surface area contributed by atoms with Crippen LogP contribution in [-0.4, -0.2) is 22.1 Å². The topological polar surface area (TPSA) is 41.1 Å². The Morgan fingerprint density at radius 1 is 1.08 bits per heavy atom. The SMILES string of the molecule is CCc1cc(N2Cc3ccccc3C[C@H]2C)nc(NC2CCCCC2)n1. The summed E-state index contributed by atoms with van der Waals surface area (Å²) in [4.78, 5) is 12.1. The molecular weight excluding hydrogens is 320 g/mol. The van der Waals surface area contributed by atoms with Gasteiger partial charge in [-0.3, -0.25) is 0 Å². The Balaban J connectivity index is 1.60. The van der Waals surface area contributed by atoms with Crippen molar-refractivity contribution in [1.82, 2.24) is 9.97 Å². The van der Waals surface area contributed by atoms with Gasteiger partial charge in [0.1, 0.15) is 5.82 Å². The summed E-state index contributed by atoms with van der Waals surface area (Å²) in [5, 5.41) is 3.62. The van der Waals surface area contributed by atoms with Crippen molar-refractivity contribution in [3.05, 3.63) is 47.2 Å². The molecule has 1 N–H and O–H groups in total. The molecule has 0 amide bonds. The average Bonchev–Trinajstić information content (AvgIpc) is 2.68. The van der Waals surface area contributed by atoms with Crippen molar-refractivity contribution in [3.63, 3.8) is 0 Å². The molecule has 2 heterocycles. The van der Waals surface area contributed by atoms with Crippen LogP contribution in [-0.2, 0) is 19.4 Å². The van der Waals surface area contributed by atoms with E-state index in [0.717, 1.165) is 36.8 Å². The molecule has 4 rings (SSSR count). The maximum Gasteiger partial charge on any atom is 0.225 e. The van der Waals surface area contributed by atoms with E-state index in [1.807, 2.05) is 0 Å². The molecular formula is C22H30N4. The average molecular weight is 351 g/mol. The first-order chi connectivity index (χ1) is 12.7. The maximum atomic E-state index is 4.93. The number of anilines is 2. The molecule has 4 nitrogen and oxygen atoms in total. The van der Waals surface area contributed by atoms with Crippen molar-refractivity contribution in [2.24, 2.45) is 0 Å². The van der Waals surface area contributed by atoms with Crippen LogP contribution in [0.3, 0.4) is 0 Å². The van der Waals surface area contributed by atoms with Gasteiger partial charge >= 0.3 is 0 Å². The number of nitrogens with zero attached hydrogens (tertiary/aromatic N) is 3. The smallest absolute Gasteiger partial charge is 0.225 e. The molecule has 0 saturated heterocycles. The molecule has 1 atom stereocenters. The van der Waals surface area contributed by atoms with Gasteiger partial charge < -0.3 is 10.2 Å². The fourth-order valence-corrected chi connectivity index (χ4v) is 4.29. The highest BCUT2D eigenvalue weighted by Gasteiger charge is 2.25. The van der Waals surface area contributed by atoms with Crippen LogP contribution in [0.1, 0.15) is 62.8 Å². The van der Waals surface area contributed by atoms with E-state index >= 15 is 0 Å². The van der Waals surface area contributed by atoms with E-state index in [1.165, 1.54) is 43.2 Å². The largest absolute Gasteiger partial charge is 0.351 e. The third-order valence-electron chi connectivity index (χ3n) is 5.87. The van der Waals surface area contributed by atoms with E-state index in [-0.39, 0.29) is 0 Å². The Hall–Kier alpha value is -2.10. The fourth-order valence-electron chi connectivity index (χ4n) is 4.29. The number of aryl methyl sites for hydroxylation is 1. The van der Waals surface area contributed by atoms with Gasteiger partial charge in [0.2, 0.25) is 5.95 Å². The molecule has 0 spiro atoms. The Morgan fingerprint density at radius 3 is 2.62 bits per heavy atom. The summed E-state index contributed by atoms with van der Waals surface area (Å²) < 4.78 is 0. The van der Waals surface area contributed by atoms with E-state index in [1.54, 1.807) is 0 Å². The molecule has 0 unspecified atom stereocenters. The third kappa shape index (κ3) is 3.69. The first-order valence-corrected chi connectivity index (χ1v) is 10.2. The lowest BCUT2D eigenvalue weighted by Crippen LogP contribution is -2.39. The van der Waals surface area contributed by atoms with Crippen molar-refractivity contribution in [3.8, 4) is 0 Å². The van der Waals surface area contributed by atoms with Crippen LogP contribution in [0.2, 0.25) is 0 Å². The van der Waals surface area contributed by atoms with Crippen LogP contribution in [0.25, 0.3) is 0 Å². The zero-order valence-corrected chi connectivity index (χ0v) is 16.0. The molecule has 0 bridgehead atoms. The van der Waals surface area contributed by atoms with Gasteiger partial charge in [0.05, 0.1) is 0 Å². The number of benzene rings is 1. The number of nitrogens with one attached hydrogen (secondary N) is 1. The summed E-state index contributed by atoms with van der Waals surface area (Å²) >= 11 is 0. The van der Waals surface area contributed by atoms with Gasteiger partial charge in [-0.1, -0.05) is 50.5 Å². The Bertz CT molecular complexity index is 752. The Kier molecular flexibility index (Phi) is 5.09. The minimum absolute atomic E-state index is 0.451. The lowest BCUT2D eigenvalue weighted by atomic mass is 9.95. The van der Waals surface area contributed by atoms with Gasteiger partial charge in [0, 0.05) is 30.4 Å². The van der Waals surface area contributed by atoms with E-state index in [2.05, 4.69) is 54.4 Å². The van der Waals surface area contributed by atoms with Crippen LogP contribution in [0.15, 0.2) is 30.3 Å². The van der Waals surface area contributed by atoms with E-state index in [0.29, 0.717) is 12.1 Å². The van der Waals surface area contributed by atoms with Crippen molar-refractivity contribution in [1.29, 1.82) is 0 Å². The molecule has 1 fully saturated rings. The first-order valence-electron chi connectivity index (χ1n) is 10.2. The van der Waals surface area contributed by atoms with Gasteiger partial charge in [0.25, 0.3) is 0 Å². The van der Waals surface area contributed by atoms with Crippen molar-refractivity contribution in [2.45, 2.75) is 77.4 Å². The molecule has 1 aliphatic carbocycles. The lowest BCUT2D eigenvalue weighted by Gasteiger charge is -2.36. The monoisotopic (exact) mass is 350 g/mol. The zero-order valence-electron chi connectivity index (χ0n) is 16.0. The molecule has 1 aliphatic heterocycles. The number of fused-ring (bicyclic) bond motifs is 1. The van der Waals surface area contributed by atoms with Gasteiger partial charge in [0.15, 0.2) is 0 Å². The van der Waals surface area contributed by atoms with E-state index < -0.39 is 0 Å². The summed E-state index contributed by atoms with van der Waals surface area (Å²) in [6, 6.07) is 12.0. The maximum absolute atomic E-state index is 4.93. The van der Waals surface area contributed by atoms with Crippen molar-refractivity contribution < 1.29 is 0 Å². The first kappa shape index (κ1) is 17.3. The Morgan fingerprint density at radius 2 is 1.85 bits per heavy atom. The fraction of sp³-hybridized carbons (Fsp3) is 0.545. The zero-order chi connectivity index (χ0) is 17.9. The quantitative estimate of drug-likeness (QED) is 0.865. The molecule has 26 heavy (non-hydrogen) atoms. The second-order valence-corrected chi connectivity index (χ2v) is 7.82. The number of aromatic nitrogens is 2. The molecule has 4 heteroatoms. The van der Waals surface area contributed by atoms with Crippen molar-refractivity contribution in [2.75, 3.05) is 10.2 Å². The minimum atomic E-state index is 0.451. The van der Waals surface area contributed by atoms with Crippen molar-refractivity contribution >= 4 is 11.8 Å². The summed E-state index contributed by atoms with van der Waals surface area (Å²) in [5.74, 6) is 1.88. The molecule has 2 aromatic rings. The molecule has 0 radical (unpaired) electrons. The van der Waals surface area contributed by atoms with Gasteiger partial charge in [-0.15, -0.1) is 0 Å². The molecule has 138 valence electrons. The molecule has 1 saturated carbocycles. The second kappa shape index (κ2) is 7.65. The summed E-state index contributed by atoms with van der Waals surface area (Å²) in [6.45, 7) is 5.41. The summed E-state index contributed by atoms with van der Waals surface area (Å²) in [5.41, 5.74) is 4.02. The molecule has 1 aromatic carbocycles. The van der Waals surface area contributed by atoms with Crippen LogP contribution in [0, 0.1) is 0 Å². The molecule has 1 aromatic heterocycles. The number of rotatable bonds is 4. The van der Waals surface area contributed by atoms with Gasteiger partial charge in [-0.2, -0.15) is 4.98 Å². The van der Waals surface area contributed by atoms with Crippen LogP contribution < -0.4 is 10.2 Å². The predicted octanol–water partition coefficient (Wildman–Crippen LogP) is 4.73. The van der Waals surface area contributed by atoms with Gasteiger partial charge in [-0.25, -0.2) is 4.98 Å². The van der Waals surface area contributed by atoms with E-state index in [9.17, 15) is 0 Å². The standard InChI is InChI=1S/C22H30N4/c1-3-19-14-21(25-22(23-19)24-20-11-5-4-6-12-20)26-15-18-10-8-7-9-17(18)13-16(26)2/h7-10,14,16,20H,3-6,11-13,15H2,1-2H3,(H,23,24,25)/t16-/m1/s1. The summed E-state index contributed by atoms with van der Waals surface area (Å²) in [7, 11) is 0. The summed E-state index contributed by atoms with van der Waals surface area (Å²) in [6.07, 6.45) is 8.49. The normalized spacial score (nSPS) is 20.7. The third-order valence-corrected chi connectivity index (χ3v) is 5.87. The lowest BCUT2D eigenvalue weighted by molar-refractivity contribution is 0.460. The molecule has 2 aliphatic rings. The van der Waals surface area contributed by atoms with Crippen LogP contribution in [0.5, 0.6) is 0 Å². The number of hydrogen-bond donors (Lipinski definition) is 1. The second-order valence-electron chi connectivity index (χ2n) is 7.82. The van der Waals surface area contributed by atoms with Gasteiger partial charge in [-0.05, 0) is 43.7 Å².